The summed E-state index contributed by atoms with van der Waals surface area (Å²) in [6.45, 7) is 7.49. The third-order valence-corrected chi connectivity index (χ3v) is 4.68. The number of nitrogens with zero attached hydrogens (tertiary/aromatic N) is 4. The summed E-state index contributed by atoms with van der Waals surface area (Å²) >= 11 is 1.88. The molecule has 1 heterocycles. The van der Waals surface area contributed by atoms with E-state index in [1.807, 2.05) is 17.8 Å². The summed E-state index contributed by atoms with van der Waals surface area (Å²) in [5, 5.41) is 14.7. The monoisotopic (exact) mass is 488 g/mol. The van der Waals surface area contributed by atoms with Crippen LogP contribution in [0.15, 0.2) is 46.5 Å². The minimum Gasteiger partial charge on any atom is -0.357 e. The van der Waals surface area contributed by atoms with Crippen molar-refractivity contribution in [3.05, 3.63) is 42.5 Å². The van der Waals surface area contributed by atoms with Crippen LogP contribution in [0.1, 0.15) is 26.1 Å². The van der Waals surface area contributed by atoms with Gasteiger partial charge in [0.15, 0.2) is 5.96 Å². The van der Waals surface area contributed by atoms with E-state index in [2.05, 4.69) is 68.5 Å². The number of benzene rings is 1. The minimum absolute atomic E-state index is 0. The molecule has 0 spiro atoms. The zero-order valence-corrected chi connectivity index (χ0v) is 18.7. The van der Waals surface area contributed by atoms with Crippen molar-refractivity contribution in [3.8, 4) is 0 Å². The van der Waals surface area contributed by atoms with Gasteiger partial charge in [-0.1, -0.05) is 25.1 Å². The Morgan fingerprint density at radius 1 is 1.19 bits per heavy atom. The molecule has 0 aliphatic carbocycles. The first kappa shape index (κ1) is 22.8. The van der Waals surface area contributed by atoms with Crippen LogP contribution in [0.2, 0.25) is 0 Å². The Labute approximate surface area is 177 Å². The van der Waals surface area contributed by atoms with Gasteiger partial charge < -0.3 is 15.2 Å². The van der Waals surface area contributed by atoms with Gasteiger partial charge in [0, 0.05) is 37.5 Å². The number of rotatable bonds is 10. The van der Waals surface area contributed by atoms with Crippen LogP contribution < -0.4 is 10.6 Å². The summed E-state index contributed by atoms with van der Waals surface area (Å²) < 4.78 is 2.08. The second-order valence-corrected chi connectivity index (χ2v) is 6.66. The van der Waals surface area contributed by atoms with E-state index in [4.69, 9.17) is 0 Å². The van der Waals surface area contributed by atoms with Gasteiger partial charge in [0.25, 0.3) is 0 Å². The quantitative estimate of drug-likeness (QED) is 0.177. The first-order valence-electron chi connectivity index (χ1n) is 8.90. The number of aliphatic imine (C=N–C) groups is 1. The lowest BCUT2D eigenvalue weighted by Crippen LogP contribution is -2.39. The molecule has 144 valence electrons. The molecule has 0 fully saturated rings. The average Bonchev–Trinajstić information content (AvgIpc) is 3.10. The normalized spacial score (nSPS) is 11.1. The molecule has 0 unspecified atom stereocenters. The van der Waals surface area contributed by atoms with Crippen LogP contribution in [0.4, 0.5) is 0 Å². The first-order chi connectivity index (χ1) is 12.3. The highest BCUT2D eigenvalue weighted by Gasteiger charge is 2.02. The van der Waals surface area contributed by atoms with Gasteiger partial charge in [-0.2, -0.15) is 0 Å². The highest BCUT2D eigenvalue weighted by molar-refractivity contribution is 14.0. The number of nitrogens with one attached hydrogen (secondary N) is 2. The van der Waals surface area contributed by atoms with Crippen molar-refractivity contribution in [3.63, 3.8) is 0 Å². The fourth-order valence-corrected chi connectivity index (χ4v) is 3.20. The Morgan fingerprint density at radius 2 is 2.00 bits per heavy atom. The van der Waals surface area contributed by atoms with E-state index in [0.29, 0.717) is 0 Å². The lowest BCUT2D eigenvalue weighted by molar-refractivity contribution is 0.632. The van der Waals surface area contributed by atoms with Gasteiger partial charge in [-0.3, -0.25) is 4.99 Å². The molecule has 0 atom stereocenters. The molecule has 2 aromatic rings. The van der Waals surface area contributed by atoms with Crippen LogP contribution >= 0.6 is 35.7 Å². The number of guanidine groups is 1. The van der Waals surface area contributed by atoms with Crippen LogP contribution in [0, 0.1) is 0 Å². The average molecular weight is 488 g/mol. The molecule has 1 aromatic carbocycles. The summed E-state index contributed by atoms with van der Waals surface area (Å²) in [6.07, 6.45) is 3.74. The van der Waals surface area contributed by atoms with Gasteiger partial charge >= 0.3 is 0 Å². The van der Waals surface area contributed by atoms with Gasteiger partial charge in [-0.05, 0) is 31.2 Å². The molecule has 0 saturated carbocycles. The van der Waals surface area contributed by atoms with E-state index in [9.17, 15) is 0 Å². The first-order valence-corrected chi connectivity index (χ1v) is 9.88. The number of aryl methyl sites for hydroxylation is 1. The number of hydrogen-bond acceptors (Lipinski definition) is 4. The zero-order chi connectivity index (χ0) is 17.7. The molecule has 8 heteroatoms. The Morgan fingerprint density at radius 3 is 2.73 bits per heavy atom. The molecule has 0 amide bonds. The summed E-state index contributed by atoms with van der Waals surface area (Å²) in [6, 6.07) is 10.5. The van der Waals surface area contributed by atoms with Crippen molar-refractivity contribution in [2.24, 2.45) is 4.99 Å². The maximum atomic E-state index is 4.65. The summed E-state index contributed by atoms with van der Waals surface area (Å²) in [5.41, 5.74) is 0. The number of hydrogen-bond donors (Lipinski definition) is 2. The van der Waals surface area contributed by atoms with E-state index < -0.39 is 0 Å². The second-order valence-electron chi connectivity index (χ2n) is 5.50. The zero-order valence-electron chi connectivity index (χ0n) is 15.5. The molecular weight excluding hydrogens is 459 g/mol. The fourth-order valence-electron chi connectivity index (χ4n) is 2.34. The second kappa shape index (κ2) is 13.9. The van der Waals surface area contributed by atoms with Crippen LogP contribution in [-0.2, 0) is 13.0 Å². The van der Waals surface area contributed by atoms with Gasteiger partial charge in [0.05, 0.1) is 0 Å². The maximum absolute atomic E-state index is 4.65. The van der Waals surface area contributed by atoms with Crippen molar-refractivity contribution >= 4 is 41.7 Å². The van der Waals surface area contributed by atoms with Crippen molar-refractivity contribution < 1.29 is 0 Å². The molecular formula is C18H29IN6S. The van der Waals surface area contributed by atoms with Crippen molar-refractivity contribution in [2.75, 3.05) is 25.4 Å². The molecule has 2 rings (SSSR count). The standard InChI is InChI=1S/C18H28N6S.HI/c1-3-17-23-22-15-24(17)13-12-21-18(19-4-2)20-11-8-14-25-16-9-6-5-7-10-16;/h5-7,9-10,15H,3-4,8,11-14H2,1-2H3,(H2,19,20,21);1H. The molecule has 2 N–H and O–H groups in total. The predicted octanol–water partition coefficient (Wildman–Crippen LogP) is 3.20. The largest absolute Gasteiger partial charge is 0.357 e. The predicted molar refractivity (Wildman–Crippen MR) is 121 cm³/mol. The van der Waals surface area contributed by atoms with Crippen molar-refractivity contribution in [1.29, 1.82) is 0 Å². The molecule has 0 saturated heterocycles. The summed E-state index contributed by atoms with van der Waals surface area (Å²) in [5.74, 6) is 2.97. The number of thioether (sulfide) groups is 1. The molecule has 0 radical (unpaired) electrons. The van der Waals surface area contributed by atoms with Gasteiger partial charge in [0.2, 0.25) is 0 Å². The number of aromatic nitrogens is 3. The number of halogens is 1. The van der Waals surface area contributed by atoms with Crippen LogP contribution in [-0.4, -0.2) is 46.1 Å². The van der Waals surface area contributed by atoms with E-state index in [1.54, 1.807) is 6.33 Å². The third-order valence-electron chi connectivity index (χ3n) is 3.59. The van der Waals surface area contributed by atoms with Crippen molar-refractivity contribution in [1.82, 2.24) is 25.4 Å². The maximum Gasteiger partial charge on any atom is 0.191 e. The van der Waals surface area contributed by atoms with Crippen LogP contribution in [0.3, 0.4) is 0 Å². The van der Waals surface area contributed by atoms with Crippen LogP contribution in [0.5, 0.6) is 0 Å². The Bertz CT molecular complexity index is 632. The lowest BCUT2D eigenvalue weighted by Gasteiger charge is -2.12. The minimum atomic E-state index is 0. The van der Waals surface area contributed by atoms with Crippen molar-refractivity contribution in [2.45, 2.75) is 38.1 Å². The highest BCUT2D eigenvalue weighted by atomic mass is 127. The molecule has 0 bridgehead atoms. The van der Waals surface area contributed by atoms with E-state index in [-0.39, 0.29) is 24.0 Å². The lowest BCUT2D eigenvalue weighted by atomic mass is 10.4. The molecule has 0 aliphatic heterocycles. The fraction of sp³-hybridized carbons (Fsp3) is 0.500. The Balaban J connectivity index is 0.00000338. The van der Waals surface area contributed by atoms with Gasteiger partial charge in [-0.15, -0.1) is 45.9 Å². The Kier molecular flexibility index (Phi) is 12.1. The summed E-state index contributed by atoms with van der Waals surface area (Å²) in [4.78, 5) is 5.96. The molecule has 26 heavy (non-hydrogen) atoms. The highest BCUT2D eigenvalue weighted by Crippen LogP contribution is 2.17. The topological polar surface area (TPSA) is 67.1 Å². The Hall–Kier alpha value is -1.29. The van der Waals surface area contributed by atoms with E-state index in [1.165, 1.54) is 4.90 Å². The molecule has 6 nitrogen and oxygen atoms in total. The van der Waals surface area contributed by atoms with E-state index >= 15 is 0 Å². The van der Waals surface area contributed by atoms with E-state index in [0.717, 1.165) is 56.6 Å². The smallest absolute Gasteiger partial charge is 0.191 e. The SMILES string of the molecule is CCNC(=NCCCSc1ccccc1)NCCn1cnnc1CC.I. The van der Waals surface area contributed by atoms with Gasteiger partial charge in [0.1, 0.15) is 12.2 Å². The summed E-state index contributed by atoms with van der Waals surface area (Å²) in [7, 11) is 0. The molecule has 0 aliphatic rings. The third kappa shape index (κ3) is 8.39. The van der Waals surface area contributed by atoms with Gasteiger partial charge in [-0.25, -0.2) is 0 Å². The van der Waals surface area contributed by atoms with Crippen LogP contribution in [0.25, 0.3) is 0 Å². The molecule has 1 aromatic heterocycles.